The number of carbonyl (C=O) groups is 3. The highest BCUT2D eigenvalue weighted by Crippen LogP contribution is 2.68. The third kappa shape index (κ3) is 2.81. The van der Waals surface area contributed by atoms with Crippen molar-refractivity contribution in [2.24, 2.45) is 35.5 Å². The summed E-state index contributed by atoms with van der Waals surface area (Å²) in [5.41, 5.74) is 1.12. The molecule has 2 N–H and O–H groups in total. The Morgan fingerprint density at radius 2 is 1.76 bits per heavy atom. The van der Waals surface area contributed by atoms with Crippen LogP contribution in [0.1, 0.15) is 36.6 Å². The van der Waals surface area contributed by atoms with E-state index < -0.39 is 23.8 Å². The number of aliphatic carboxylic acids is 1. The molecule has 2 saturated carbocycles. The van der Waals surface area contributed by atoms with E-state index in [2.05, 4.69) is 17.1 Å². The van der Waals surface area contributed by atoms with Gasteiger partial charge in [-0.25, -0.2) is 4.79 Å². The molecule has 172 valence electrons. The zero-order valence-electron chi connectivity index (χ0n) is 18.1. The molecule has 1 aromatic heterocycles. The minimum Gasteiger partial charge on any atom is -0.480 e. The zero-order valence-corrected chi connectivity index (χ0v) is 19.8. The van der Waals surface area contributed by atoms with Gasteiger partial charge in [-0.2, -0.15) is 0 Å². The Morgan fingerprint density at radius 3 is 2.39 bits per heavy atom. The summed E-state index contributed by atoms with van der Waals surface area (Å²) in [7, 11) is 0. The first kappa shape index (κ1) is 21.2. The molecule has 1 saturated heterocycles. The summed E-state index contributed by atoms with van der Waals surface area (Å²) < 4.78 is 0. The molecule has 3 heterocycles. The second kappa shape index (κ2) is 7.30. The number of aromatic nitrogens is 1. The second-order valence-electron chi connectivity index (χ2n) is 9.94. The van der Waals surface area contributed by atoms with E-state index in [9.17, 15) is 24.3 Å². The van der Waals surface area contributed by atoms with Crippen molar-refractivity contribution in [1.82, 2.24) is 9.88 Å². The quantitative estimate of drug-likeness (QED) is 0.646. The van der Waals surface area contributed by atoms with Gasteiger partial charge >= 0.3 is 10.8 Å². The monoisotopic (exact) mass is 484 g/mol. The largest absolute Gasteiger partial charge is 0.480 e. The normalized spacial score (nSPS) is 35.0. The van der Waals surface area contributed by atoms with Crippen LogP contribution in [0.4, 0.5) is 0 Å². The number of carboxylic acid groups (broad SMARTS) is 1. The molecule has 7 nitrogen and oxygen atoms in total. The van der Waals surface area contributed by atoms with Crippen LogP contribution < -0.4 is 4.87 Å². The lowest BCUT2D eigenvalue weighted by Crippen LogP contribution is -2.49. The van der Waals surface area contributed by atoms with Crippen LogP contribution in [0.3, 0.4) is 0 Å². The lowest BCUT2D eigenvalue weighted by atomic mass is 9.68. The van der Waals surface area contributed by atoms with Crippen molar-refractivity contribution in [2.75, 3.05) is 0 Å². The summed E-state index contributed by atoms with van der Waals surface area (Å²) in [6.07, 6.45) is 0.797. The minimum atomic E-state index is -1.13. The molecule has 1 aromatic carbocycles. The molecule has 2 bridgehead atoms. The van der Waals surface area contributed by atoms with E-state index in [-0.39, 0.29) is 51.5 Å². The first-order valence-corrected chi connectivity index (χ1v) is 13.0. The highest BCUT2D eigenvalue weighted by molar-refractivity contribution is 8.00. The Labute approximate surface area is 198 Å². The molecular weight excluding hydrogens is 460 g/mol. The average Bonchev–Trinajstić information content (AvgIpc) is 3.49. The maximum absolute atomic E-state index is 13.6. The molecule has 0 radical (unpaired) electrons. The van der Waals surface area contributed by atoms with Crippen LogP contribution >= 0.6 is 23.1 Å². The van der Waals surface area contributed by atoms with Crippen LogP contribution in [0.2, 0.25) is 0 Å². The number of nitrogens with one attached hydrogen (secondary N) is 1. The first-order valence-electron chi connectivity index (χ1n) is 11.3. The van der Waals surface area contributed by atoms with Crippen LogP contribution in [0.25, 0.3) is 0 Å². The number of amides is 2. The van der Waals surface area contributed by atoms with Crippen LogP contribution in [-0.4, -0.2) is 44.1 Å². The van der Waals surface area contributed by atoms with E-state index in [4.69, 9.17) is 0 Å². The summed E-state index contributed by atoms with van der Waals surface area (Å²) in [5, 5.41) is 10.8. The van der Waals surface area contributed by atoms with Gasteiger partial charge in [0.05, 0.1) is 16.9 Å². The van der Waals surface area contributed by atoms with Gasteiger partial charge in [0, 0.05) is 16.0 Å². The summed E-state index contributed by atoms with van der Waals surface area (Å²) in [5.74, 6) is -2.94. The standard InChI is InChI=1S/C24H24N2O5S2/c1-9(2)17(23(29)30)26-21(27)15-11-8-12(16(15)22(26)28)18-14(11)13(10-6-4-3-5-7-10)19-20(32-18)25-24(31)33-19/h3-7,9,11-18H,8H2,1-2H3,(H,25,31)(H,29,30)/t11-,12+,13+,14+,15-,16+,17-,18-/m1/s1. The molecular formula is C24H24N2O5S2. The van der Waals surface area contributed by atoms with Gasteiger partial charge in [-0.05, 0) is 35.7 Å². The molecule has 2 aromatic rings. The van der Waals surface area contributed by atoms with Crippen molar-refractivity contribution >= 4 is 40.9 Å². The maximum atomic E-state index is 13.6. The Hall–Kier alpha value is -2.39. The van der Waals surface area contributed by atoms with Crippen molar-refractivity contribution in [3.63, 3.8) is 0 Å². The number of hydrogen-bond acceptors (Lipinski definition) is 6. The Kier molecular flexibility index (Phi) is 4.68. The summed E-state index contributed by atoms with van der Waals surface area (Å²) in [6, 6.07) is 8.95. The number of rotatable bonds is 4. The van der Waals surface area contributed by atoms with Gasteiger partial charge < -0.3 is 10.1 Å². The van der Waals surface area contributed by atoms with Crippen LogP contribution in [0.5, 0.6) is 0 Å². The van der Waals surface area contributed by atoms with Gasteiger partial charge in [0.25, 0.3) is 0 Å². The number of thioether (sulfide) groups is 1. The zero-order chi connectivity index (χ0) is 23.2. The molecule has 4 aliphatic rings. The molecule has 2 amide bonds. The number of thiazole rings is 1. The van der Waals surface area contributed by atoms with Crippen molar-refractivity contribution < 1.29 is 19.5 Å². The van der Waals surface area contributed by atoms with Gasteiger partial charge in [0.2, 0.25) is 11.8 Å². The van der Waals surface area contributed by atoms with E-state index >= 15 is 0 Å². The van der Waals surface area contributed by atoms with Crippen LogP contribution in [0, 0.1) is 35.5 Å². The number of H-pyrrole nitrogens is 1. The number of aromatic amines is 1. The predicted octanol–water partition coefficient (Wildman–Crippen LogP) is 3.02. The van der Waals surface area contributed by atoms with E-state index in [0.717, 1.165) is 26.8 Å². The second-order valence-corrected chi connectivity index (χ2v) is 12.1. The van der Waals surface area contributed by atoms with E-state index in [1.54, 1.807) is 25.6 Å². The fraction of sp³-hybridized carbons (Fsp3) is 0.500. The predicted molar refractivity (Wildman–Crippen MR) is 123 cm³/mol. The molecule has 2 aliphatic heterocycles. The third-order valence-electron chi connectivity index (χ3n) is 8.08. The molecule has 8 atom stereocenters. The number of likely N-dealkylation sites (tertiary alicyclic amines) is 1. The highest BCUT2D eigenvalue weighted by atomic mass is 32.2. The Bertz CT molecular complexity index is 1220. The van der Waals surface area contributed by atoms with Gasteiger partial charge in [-0.1, -0.05) is 55.5 Å². The van der Waals surface area contributed by atoms with Gasteiger partial charge in [-0.15, -0.1) is 11.8 Å². The highest BCUT2D eigenvalue weighted by Gasteiger charge is 2.70. The van der Waals surface area contributed by atoms with Gasteiger partial charge in [0.1, 0.15) is 6.04 Å². The van der Waals surface area contributed by atoms with Crippen LogP contribution in [0.15, 0.2) is 40.2 Å². The van der Waals surface area contributed by atoms with Crippen molar-refractivity contribution in [1.29, 1.82) is 0 Å². The van der Waals surface area contributed by atoms with Crippen LogP contribution in [-0.2, 0) is 14.4 Å². The topological polar surface area (TPSA) is 108 Å². The van der Waals surface area contributed by atoms with Crippen molar-refractivity contribution in [2.45, 2.75) is 42.5 Å². The fourth-order valence-corrected chi connectivity index (χ4v) is 9.93. The average molecular weight is 485 g/mol. The molecule has 0 unspecified atom stereocenters. The lowest BCUT2D eigenvalue weighted by molar-refractivity contribution is -0.157. The van der Waals surface area contributed by atoms with E-state index in [0.29, 0.717) is 0 Å². The Balaban J connectivity index is 1.44. The number of fused-ring (bicyclic) bond motifs is 9. The van der Waals surface area contributed by atoms with Crippen molar-refractivity contribution in [3.05, 3.63) is 50.4 Å². The minimum absolute atomic E-state index is 0.000761. The lowest BCUT2D eigenvalue weighted by Gasteiger charge is -2.43. The van der Waals surface area contributed by atoms with E-state index in [1.165, 1.54) is 11.3 Å². The van der Waals surface area contributed by atoms with Gasteiger partial charge in [-0.3, -0.25) is 19.3 Å². The van der Waals surface area contributed by atoms with Crippen molar-refractivity contribution in [3.8, 4) is 0 Å². The number of imide groups is 1. The number of carbonyl (C=O) groups excluding carboxylic acids is 2. The van der Waals surface area contributed by atoms with Gasteiger partial charge in [0.15, 0.2) is 0 Å². The number of nitrogens with zero attached hydrogens (tertiary/aromatic N) is 1. The molecule has 3 fully saturated rings. The summed E-state index contributed by atoms with van der Waals surface area (Å²) in [6.45, 7) is 3.47. The molecule has 9 heteroatoms. The smallest absolute Gasteiger partial charge is 0.327 e. The third-order valence-corrected chi connectivity index (χ3v) is 10.7. The molecule has 0 spiro atoms. The summed E-state index contributed by atoms with van der Waals surface area (Å²) in [4.78, 5) is 56.3. The number of hydrogen-bond donors (Lipinski definition) is 2. The summed E-state index contributed by atoms with van der Waals surface area (Å²) >= 11 is 2.88. The fourth-order valence-electron chi connectivity index (χ4n) is 7.04. The number of carboxylic acids is 1. The molecule has 33 heavy (non-hydrogen) atoms. The van der Waals surface area contributed by atoms with E-state index in [1.807, 2.05) is 18.2 Å². The number of benzene rings is 1. The Morgan fingerprint density at radius 1 is 1.09 bits per heavy atom. The first-order chi connectivity index (χ1) is 15.8. The maximum Gasteiger partial charge on any atom is 0.327 e. The molecule has 6 rings (SSSR count). The SMILES string of the molecule is CC(C)[C@H](C(=O)O)N1C(=O)[C@@H]2[C@@H]3C[C@H]([C@H]4Sc5[nH]c(=O)sc5[C@@H](c5ccccc5)[C@H]34)[C@@H]2C1=O. The molecule has 2 aliphatic carbocycles.